The molecule has 0 aliphatic heterocycles. The van der Waals surface area contributed by atoms with E-state index in [1.807, 2.05) is 0 Å². The lowest BCUT2D eigenvalue weighted by molar-refractivity contribution is -0.890. The van der Waals surface area contributed by atoms with Crippen molar-refractivity contribution in [3.63, 3.8) is 0 Å². The third kappa shape index (κ3) is 19.6. The quantitative estimate of drug-likeness (QED) is 0.169. The lowest BCUT2D eigenvalue weighted by Crippen LogP contribution is -3.00. The Kier molecular flexibility index (Phi) is 19.5. The van der Waals surface area contributed by atoms with Crippen molar-refractivity contribution in [2.24, 2.45) is 0 Å². The number of carbonyl (C=O) groups is 1. The number of nitrogens with zero attached hydrogens (tertiary/aromatic N) is 1. The fourth-order valence-corrected chi connectivity index (χ4v) is 3.01. The number of ether oxygens (including phenoxy) is 1. The molecule has 0 rings (SSSR count). The van der Waals surface area contributed by atoms with Crippen molar-refractivity contribution >= 4 is 5.97 Å². The van der Waals surface area contributed by atoms with Gasteiger partial charge in [-0.2, -0.15) is 0 Å². The summed E-state index contributed by atoms with van der Waals surface area (Å²) >= 11 is 0. The highest BCUT2D eigenvalue weighted by molar-refractivity contribution is 5.81. The second kappa shape index (κ2) is 18.3. The SMILES string of the molecule is C=CC(=O)OCCCC[N+](C)(C)CCCCCCCCCCCC.[Cl-]. The largest absolute Gasteiger partial charge is 1.00 e. The maximum atomic E-state index is 10.9. The highest BCUT2D eigenvalue weighted by Gasteiger charge is 2.13. The molecule has 4 heteroatoms. The minimum atomic E-state index is -0.311. The number of quaternary nitrogens is 1. The van der Waals surface area contributed by atoms with Crippen LogP contribution in [0.3, 0.4) is 0 Å². The van der Waals surface area contributed by atoms with Crippen LogP contribution in [0, 0.1) is 0 Å². The van der Waals surface area contributed by atoms with Gasteiger partial charge in [-0.25, -0.2) is 4.79 Å². The number of halogens is 1. The van der Waals surface area contributed by atoms with Crippen LogP contribution in [0.2, 0.25) is 0 Å². The Morgan fingerprint density at radius 1 is 0.840 bits per heavy atom. The molecule has 0 N–H and O–H groups in total. The van der Waals surface area contributed by atoms with Gasteiger partial charge in [-0.05, 0) is 25.7 Å². The molecule has 0 unspecified atom stereocenters. The van der Waals surface area contributed by atoms with Gasteiger partial charge in [0.25, 0.3) is 0 Å². The van der Waals surface area contributed by atoms with E-state index in [1.54, 1.807) is 0 Å². The Balaban J connectivity index is 0. The van der Waals surface area contributed by atoms with Crippen LogP contribution in [0.15, 0.2) is 12.7 Å². The Hall–Kier alpha value is -0.540. The van der Waals surface area contributed by atoms with Crippen LogP contribution in [0.4, 0.5) is 0 Å². The molecule has 0 bridgehead atoms. The highest BCUT2D eigenvalue weighted by Crippen LogP contribution is 2.12. The van der Waals surface area contributed by atoms with E-state index in [2.05, 4.69) is 27.6 Å². The molecule has 0 spiro atoms. The van der Waals surface area contributed by atoms with Crippen molar-refractivity contribution in [1.82, 2.24) is 0 Å². The molecule has 150 valence electrons. The summed E-state index contributed by atoms with van der Waals surface area (Å²) in [6.45, 7) is 8.60. The molecule has 0 amide bonds. The molecule has 0 heterocycles. The Morgan fingerprint density at radius 3 is 1.76 bits per heavy atom. The number of hydrogen-bond donors (Lipinski definition) is 0. The van der Waals surface area contributed by atoms with Gasteiger partial charge in [-0.15, -0.1) is 0 Å². The Labute approximate surface area is 163 Å². The van der Waals surface area contributed by atoms with E-state index >= 15 is 0 Å². The Bertz CT molecular complexity index is 319. The summed E-state index contributed by atoms with van der Waals surface area (Å²) in [5.74, 6) is -0.311. The first kappa shape index (κ1) is 26.7. The van der Waals surface area contributed by atoms with Crippen LogP contribution in [-0.4, -0.2) is 44.2 Å². The molecule has 25 heavy (non-hydrogen) atoms. The normalized spacial score (nSPS) is 11.0. The van der Waals surface area contributed by atoms with Gasteiger partial charge in [-0.3, -0.25) is 0 Å². The zero-order valence-electron chi connectivity index (χ0n) is 17.0. The molecule has 0 aromatic carbocycles. The topological polar surface area (TPSA) is 26.3 Å². The predicted molar refractivity (Wildman–Crippen MR) is 104 cm³/mol. The van der Waals surface area contributed by atoms with E-state index in [1.165, 1.54) is 76.8 Å². The summed E-state index contributed by atoms with van der Waals surface area (Å²) < 4.78 is 6.08. The Morgan fingerprint density at radius 2 is 1.28 bits per heavy atom. The van der Waals surface area contributed by atoms with Crippen molar-refractivity contribution < 1.29 is 26.4 Å². The molecule has 0 aliphatic rings. The van der Waals surface area contributed by atoms with Gasteiger partial charge in [0.15, 0.2) is 0 Å². The fourth-order valence-electron chi connectivity index (χ4n) is 3.01. The van der Waals surface area contributed by atoms with E-state index in [9.17, 15) is 4.79 Å². The molecule has 0 saturated carbocycles. The predicted octanol–water partition coefficient (Wildman–Crippen LogP) is 2.50. The molecule has 0 radical (unpaired) electrons. The molecule has 0 atom stereocenters. The van der Waals surface area contributed by atoms with Crippen LogP contribution < -0.4 is 12.4 Å². The molecular weight excluding hydrogens is 334 g/mol. The van der Waals surface area contributed by atoms with Gasteiger partial charge in [0.2, 0.25) is 0 Å². The van der Waals surface area contributed by atoms with Gasteiger partial charge in [0, 0.05) is 6.08 Å². The average molecular weight is 376 g/mol. The minimum absolute atomic E-state index is 0. The molecule has 0 aromatic rings. The summed E-state index contributed by atoms with van der Waals surface area (Å²) in [7, 11) is 4.62. The van der Waals surface area contributed by atoms with Gasteiger partial charge in [0.05, 0.1) is 33.8 Å². The van der Waals surface area contributed by atoms with Crippen molar-refractivity contribution in [1.29, 1.82) is 0 Å². The highest BCUT2D eigenvalue weighted by atomic mass is 35.5. The van der Waals surface area contributed by atoms with Crippen LogP contribution in [0.5, 0.6) is 0 Å². The van der Waals surface area contributed by atoms with Crippen molar-refractivity contribution in [2.75, 3.05) is 33.8 Å². The van der Waals surface area contributed by atoms with Crippen LogP contribution in [0.25, 0.3) is 0 Å². The van der Waals surface area contributed by atoms with Gasteiger partial charge < -0.3 is 21.6 Å². The smallest absolute Gasteiger partial charge is 0.330 e. The van der Waals surface area contributed by atoms with Gasteiger partial charge in [0.1, 0.15) is 0 Å². The number of esters is 1. The fraction of sp³-hybridized carbons (Fsp3) is 0.857. The second-order valence-corrected chi connectivity index (χ2v) is 7.64. The van der Waals surface area contributed by atoms with E-state index in [0.29, 0.717) is 6.61 Å². The number of rotatable bonds is 17. The van der Waals surface area contributed by atoms with Crippen LogP contribution >= 0.6 is 0 Å². The van der Waals surface area contributed by atoms with Crippen molar-refractivity contribution in [3.8, 4) is 0 Å². The zero-order chi connectivity index (χ0) is 18.1. The molecular formula is C21H42ClNO2. The standard InChI is InChI=1S/C21H42NO2.ClH/c1-5-7-8-9-10-11-12-13-14-15-18-22(3,4)19-16-17-20-24-21(23)6-2;/h6H,2,5,7-20H2,1,3-4H3;1H/q+1;/p-1. The number of hydrogen-bond acceptors (Lipinski definition) is 2. The average Bonchev–Trinajstić information content (AvgIpc) is 2.55. The van der Waals surface area contributed by atoms with E-state index in [-0.39, 0.29) is 18.4 Å². The first-order valence-corrected chi connectivity index (χ1v) is 10.1. The molecule has 0 fully saturated rings. The monoisotopic (exact) mass is 375 g/mol. The van der Waals surface area contributed by atoms with E-state index in [0.717, 1.165) is 23.9 Å². The summed E-state index contributed by atoms with van der Waals surface area (Å²) in [6, 6.07) is 0. The second-order valence-electron chi connectivity index (χ2n) is 7.64. The van der Waals surface area contributed by atoms with Crippen molar-refractivity contribution in [2.45, 2.75) is 84.0 Å². The third-order valence-electron chi connectivity index (χ3n) is 4.69. The van der Waals surface area contributed by atoms with Crippen molar-refractivity contribution in [3.05, 3.63) is 12.7 Å². The number of carbonyl (C=O) groups excluding carboxylic acids is 1. The summed E-state index contributed by atoms with van der Waals surface area (Å²) in [6.07, 6.45) is 17.2. The zero-order valence-corrected chi connectivity index (χ0v) is 17.8. The summed E-state index contributed by atoms with van der Waals surface area (Å²) in [5, 5.41) is 0. The summed E-state index contributed by atoms with van der Waals surface area (Å²) in [5.41, 5.74) is 0. The van der Waals surface area contributed by atoms with E-state index < -0.39 is 0 Å². The maximum absolute atomic E-state index is 10.9. The first-order chi connectivity index (χ1) is 11.5. The lowest BCUT2D eigenvalue weighted by Gasteiger charge is -2.30. The first-order valence-electron chi connectivity index (χ1n) is 10.1. The third-order valence-corrected chi connectivity index (χ3v) is 4.69. The van der Waals surface area contributed by atoms with Crippen LogP contribution in [0.1, 0.15) is 84.0 Å². The molecule has 0 aliphatic carbocycles. The minimum Gasteiger partial charge on any atom is -1.00 e. The van der Waals surface area contributed by atoms with Gasteiger partial charge in [-0.1, -0.05) is 64.9 Å². The van der Waals surface area contributed by atoms with Gasteiger partial charge >= 0.3 is 5.97 Å². The lowest BCUT2D eigenvalue weighted by atomic mass is 10.1. The summed E-state index contributed by atoms with van der Waals surface area (Å²) in [4.78, 5) is 10.9. The molecule has 0 saturated heterocycles. The maximum Gasteiger partial charge on any atom is 0.330 e. The number of unbranched alkanes of at least 4 members (excludes halogenated alkanes) is 10. The van der Waals surface area contributed by atoms with Crippen LogP contribution in [-0.2, 0) is 9.53 Å². The molecule has 3 nitrogen and oxygen atoms in total. The molecule has 0 aromatic heterocycles. The van der Waals surface area contributed by atoms with E-state index in [4.69, 9.17) is 4.74 Å².